The van der Waals surface area contributed by atoms with Gasteiger partial charge >= 0.3 is 5.69 Å². The van der Waals surface area contributed by atoms with E-state index in [0.29, 0.717) is 22.4 Å². The fourth-order valence-corrected chi connectivity index (χ4v) is 7.79. The van der Waals surface area contributed by atoms with Crippen molar-refractivity contribution in [3.8, 4) is 5.69 Å². The number of imidazole rings is 1. The number of halogens is 3. The first-order chi connectivity index (χ1) is 22.4. The molecule has 1 N–H and O–H groups in total. The Morgan fingerprint density at radius 1 is 1.04 bits per heavy atom. The van der Waals surface area contributed by atoms with E-state index in [9.17, 15) is 18.8 Å². The molecule has 47 heavy (non-hydrogen) atoms. The maximum atomic E-state index is 14.6. The highest BCUT2D eigenvalue weighted by Crippen LogP contribution is 2.41. The van der Waals surface area contributed by atoms with Crippen LogP contribution in [0.1, 0.15) is 44.6 Å². The number of anilines is 1. The molecular weight excluding hydrogens is 687 g/mol. The lowest BCUT2D eigenvalue weighted by molar-refractivity contribution is -0.00238. The monoisotopic (exact) mass is 720 g/mol. The molecule has 2 fully saturated rings. The molecule has 1 atom stereocenters. The number of fused-ring (bicyclic) bond motifs is 1. The van der Waals surface area contributed by atoms with E-state index in [0.717, 1.165) is 41.9 Å². The second-order valence-electron chi connectivity index (χ2n) is 13.2. The quantitative estimate of drug-likeness (QED) is 0.295. The second kappa shape index (κ2) is 11.9. The Hall–Kier alpha value is -3.93. The van der Waals surface area contributed by atoms with E-state index in [1.165, 1.54) is 16.7 Å². The number of hydrogen-bond donors (Lipinski definition) is 1. The zero-order chi connectivity index (χ0) is 33.2. The number of nitrogens with zero attached hydrogens (tertiary/aromatic N) is 5. The minimum atomic E-state index is -0.570. The van der Waals surface area contributed by atoms with Crippen molar-refractivity contribution < 1.29 is 14.0 Å². The normalized spacial score (nSPS) is 18.5. The van der Waals surface area contributed by atoms with Gasteiger partial charge in [-0.25, -0.2) is 9.18 Å². The largest absolute Gasteiger partial charge is 0.370 e. The first-order valence-corrected chi connectivity index (χ1v) is 16.8. The van der Waals surface area contributed by atoms with Gasteiger partial charge in [0.2, 0.25) is 0 Å². The summed E-state index contributed by atoms with van der Waals surface area (Å²) in [5.74, 6) is -1.31. The van der Waals surface area contributed by atoms with Crippen LogP contribution in [0.2, 0.25) is 5.02 Å². The molecule has 0 radical (unpaired) electrons. The zero-order valence-electron chi connectivity index (χ0n) is 26.4. The summed E-state index contributed by atoms with van der Waals surface area (Å²) in [4.78, 5) is 48.2. The molecule has 0 aliphatic carbocycles. The van der Waals surface area contributed by atoms with Gasteiger partial charge in [0.05, 0.1) is 17.9 Å². The summed E-state index contributed by atoms with van der Waals surface area (Å²) in [6, 6.07) is 17.1. The maximum Gasteiger partial charge on any atom is 0.333 e. The van der Waals surface area contributed by atoms with Crippen molar-refractivity contribution in [3.05, 3.63) is 115 Å². The number of nitrogens with one attached hydrogen (secondary N) is 1. The molecule has 1 aromatic heterocycles. The van der Waals surface area contributed by atoms with Crippen LogP contribution in [-0.4, -0.2) is 70.0 Å². The molecule has 0 bridgehead atoms. The highest BCUT2D eigenvalue weighted by molar-refractivity contribution is 9.10. The number of aryl methyl sites for hydroxylation is 1. The molecule has 12 heteroatoms. The first kappa shape index (κ1) is 31.7. The lowest BCUT2D eigenvalue weighted by Gasteiger charge is -2.60. The number of amides is 2. The topological polar surface area (TPSA) is 82.8 Å². The minimum Gasteiger partial charge on any atom is -0.370 e. The van der Waals surface area contributed by atoms with Gasteiger partial charge in [-0.1, -0.05) is 33.6 Å². The lowest BCUT2D eigenvalue weighted by Crippen LogP contribution is -2.71. The Balaban J connectivity index is 1.24. The van der Waals surface area contributed by atoms with E-state index in [-0.39, 0.29) is 53.6 Å². The molecule has 1 spiro atoms. The van der Waals surface area contributed by atoms with Crippen molar-refractivity contribution in [1.82, 2.24) is 24.3 Å². The summed E-state index contributed by atoms with van der Waals surface area (Å²) in [5.41, 5.74) is 3.69. The molecule has 3 aliphatic heterocycles. The van der Waals surface area contributed by atoms with Crippen molar-refractivity contribution in [3.63, 3.8) is 0 Å². The van der Waals surface area contributed by atoms with Crippen molar-refractivity contribution in [2.75, 3.05) is 38.1 Å². The first-order valence-electron chi connectivity index (χ1n) is 15.6. The number of likely N-dealkylation sites (tertiary alicyclic amines) is 1. The van der Waals surface area contributed by atoms with Crippen LogP contribution >= 0.6 is 27.5 Å². The minimum absolute atomic E-state index is 0.0446. The summed E-state index contributed by atoms with van der Waals surface area (Å²) in [6.45, 7) is 8.07. The van der Waals surface area contributed by atoms with Gasteiger partial charge in [0, 0.05) is 77.0 Å². The Bertz CT molecular complexity index is 1940. The Morgan fingerprint density at radius 3 is 2.40 bits per heavy atom. The average Bonchev–Trinajstić information content (AvgIpc) is 3.29. The number of rotatable bonds is 6. The van der Waals surface area contributed by atoms with Gasteiger partial charge in [-0.05, 0) is 81.1 Å². The molecule has 3 aliphatic rings. The van der Waals surface area contributed by atoms with Crippen molar-refractivity contribution in [2.24, 2.45) is 5.41 Å². The fourth-order valence-electron chi connectivity index (χ4n) is 7.32. The third-order valence-corrected chi connectivity index (χ3v) is 10.9. The highest BCUT2D eigenvalue weighted by atomic mass is 79.9. The maximum absolute atomic E-state index is 14.6. The molecule has 244 valence electrons. The summed E-state index contributed by atoms with van der Waals surface area (Å²) in [6.07, 6.45) is 0. The fraction of sp³-hybridized carbons (Fsp3) is 0.343. The van der Waals surface area contributed by atoms with E-state index in [4.69, 9.17) is 11.6 Å². The van der Waals surface area contributed by atoms with Gasteiger partial charge in [-0.15, -0.1) is 0 Å². The van der Waals surface area contributed by atoms with Crippen molar-refractivity contribution in [1.29, 1.82) is 0 Å². The number of carbonyl (C=O) groups is 2. The molecule has 2 amide bonds. The van der Waals surface area contributed by atoms with Crippen LogP contribution in [0.4, 0.5) is 10.1 Å². The van der Waals surface area contributed by atoms with Gasteiger partial charge in [-0.3, -0.25) is 18.7 Å². The number of hydrogen-bond acceptors (Lipinski definition) is 5. The summed E-state index contributed by atoms with van der Waals surface area (Å²) in [7, 11) is 2.13. The smallest absolute Gasteiger partial charge is 0.333 e. The second-order valence-corrected chi connectivity index (χ2v) is 14.5. The standard InChI is InChI=1S/C35H35BrClFN6O3/c1-21-13-23(7-12-27(21)36)33(46)42-16-30-31(32(45)39-14-26-28(37)5-4-6-29(26)38)44(34(47)43(30)15-22(42)2)25-10-8-24(9-11-25)41-19-35(20-41)17-40(3)18-35/h4-13,22H,14-20H2,1-3H3,(H,39,45). The van der Waals surface area contributed by atoms with E-state index >= 15 is 0 Å². The lowest BCUT2D eigenvalue weighted by atomic mass is 9.73. The zero-order valence-corrected chi connectivity index (χ0v) is 28.7. The van der Waals surface area contributed by atoms with Crippen LogP contribution in [0.5, 0.6) is 0 Å². The van der Waals surface area contributed by atoms with Gasteiger partial charge in [0.1, 0.15) is 11.5 Å². The van der Waals surface area contributed by atoms with Crippen molar-refractivity contribution in [2.45, 2.75) is 39.5 Å². The van der Waals surface area contributed by atoms with Crippen LogP contribution in [0, 0.1) is 18.2 Å². The van der Waals surface area contributed by atoms with Crippen LogP contribution in [0.3, 0.4) is 0 Å². The molecule has 2 saturated heterocycles. The van der Waals surface area contributed by atoms with Crippen LogP contribution in [0.15, 0.2) is 69.9 Å². The molecular formula is C35H35BrClFN6O3. The molecule has 3 aromatic carbocycles. The molecule has 1 unspecified atom stereocenters. The number of benzene rings is 3. The third-order valence-electron chi connectivity index (χ3n) is 9.65. The van der Waals surface area contributed by atoms with Crippen LogP contribution in [-0.2, 0) is 19.6 Å². The molecule has 4 aromatic rings. The third kappa shape index (κ3) is 5.58. The summed E-state index contributed by atoms with van der Waals surface area (Å²) >= 11 is 9.74. The van der Waals surface area contributed by atoms with E-state index in [2.05, 4.69) is 38.1 Å². The SMILES string of the molecule is Cc1cc(C(=O)N2Cc3c(C(=O)NCc4c(F)cccc4Cl)n(-c4ccc(N5CC6(CN(C)C6)C5)cc4)c(=O)n3CC2C)ccc1Br. The van der Waals surface area contributed by atoms with Gasteiger partial charge in [0.15, 0.2) is 0 Å². The Kier molecular flexibility index (Phi) is 8.05. The highest BCUT2D eigenvalue weighted by Gasteiger charge is 2.50. The molecule has 7 rings (SSSR count). The van der Waals surface area contributed by atoms with Crippen LogP contribution in [0.25, 0.3) is 5.69 Å². The van der Waals surface area contributed by atoms with Crippen molar-refractivity contribution >= 4 is 45.0 Å². The predicted octanol–water partition coefficient (Wildman–Crippen LogP) is 5.23. The summed E-state index contributed by atoms with van der Waals surface area (Å²) < 4.78 is 18.5. The average molecular weight is 722 g/mol. The van der Waals surface area contributed by atoms with E-state index < -0.39 is 11.7 Å². The predicted molar refractivity (Wildman–Crippen MR) is 183 cm³/mol. The Labute approximate surface area is 285 Å². The molecule has 9 nitrogen and oxygen atoms in total. The number of carbonyl (C=O) groups excluding carboxylic acids is 2. The van der Waals surface area contributed by atoms with Gasteiger partial charge < -0.3 is 20.0 Å². The molecule has 0 saturated carbocycles. The van der Waals surface area contributed by atoms with E-state index in [1.54, 1.807) is 21.6 Å². The Morgan fingerprint density at radius 2 is 1.74 bits per heavy atom. The van der Waals surface area contributed by atoms with Crippen LogP contribution < -0.4 is 15.9 Å². The van der Waals surface area contributed by atoms with E-state index in [1.807, 2.05) is 50.2 Å². The number of aromatic nitrogens is 2. The summed E-state index contributed by atoms with van der Waals surface area (Å²) in [5, 5.41) is 2.98. The van der Waals surface area contributed by atoms with Gasteiger partial charge in [-0.2, -0.15) is 0 Å². The molecule has 4 heterocycles. The van der Waals surface area contributed by atoms with Gasteiger partial charge in [0.25, 0.3) is 11.8 Å².